The van der Waals surface area contributed by atoms with Crippen LogP contribution in [0.4, 0.5) is 0 Å². The van der Waals surface area contributed by atoms with E-state index < -0.39 is 0 Å². The SMILES string of the molecule is Cc1ccn(-c2ccc3c(c2)OCO3)c(=O)c1C(=O)N1CCN(Cc2ccco2)CC1. The quantitative estimate of drug-likeness (QED) is 0.644. The lowest BCUT2D eigenvalue weighted by atomic mass is 10.1. The molecule has 0 aliphatic carbocycles. The smallest absolute Gasteiger partial charge is 0.268 e. The maximum Gasteiger partial charge on any atom is 0.268 e. The van der Waals surface area contributed by atoms with Crippen LogP contribution in [0.25, 0.3) is 5.69 Å². The van der Waals surface area contributed by atoms with Crippen LogP contribution in [0, 0.1) is 6.92 Å². The number of carbonyl (C=O) groups is 1. The third-order valence-corrected chi connectivity index (χ3v) is 5.77. The van der Waals surface area contributed by atoms with Crippen LogP contribution < -0.4 is 15.0 Å². The van der Waals surface area contributed by atoms with Crippen LogP contribution >= 0.6 is 0 Å². The standard InChI is InChI=1S/C23H23N3O5/c1-16-6-7-26(17-4-5-19-20(13-17)31-15-30-19)23(28)21(16)22(27)25-10-8-24(9-11-25)14-18-3-2-12-29-18/h2-7,12-13H,8-11,14-15H2,1H3. The predicted molar refractivity (Wildman–Crippen MR) is 113 cm³/mol. The molecule has 31 heavy (non-hydrogen) atoms. The van der Waals surface area contributed by atoms with Gasteiger partial charge in [-0.1, -0.05) is 0 Å². The second-order valence-electron chi connectivity index (χ2n) is 7.73. The number of hydrogen-bond acceptors (Lipinski definition) is 6. The van der Waals surface area contributed by atoms with Gasteiger partial charge < -0.3 is 18.8 Å². The van der Waals surface area contributed by atoms with Crippen LogP contribution in [0.15, 0.2) is 58.1 Å². The summed E-state index contributed by atoms with van der Waals surface area (Å²) < 4.78 is 17.7. The molecule has 0 bridgehead atoms. The monoisotopic (exact) mass is 421 g/mol. The van der Waals surface area contributed by atoms with E-state index in [1.165, 1.54) is 4.57 Å². The Morgan fingerprint density at radius 2 is 1.84 bits per heavy atom. The van der Waals surface area contributed by atoms with Gasteiger partial charge in [-0.25, -0.2) is 0 Å². The summed E-state index contributed by atoms with van der Waals surface area (Å²) >= 11 is 0. The first-order valence-electron chi connectivity index (χ1n) is 10.3. The van der Waals surface area contributed by atoms with Gasteiger partial charge in [0.05, 0.1) is 18.5 Å². The van der Waals surface area contributed by atoms with Crippen LogP contribution in [0.5, 0.6) is 11.5 Å². The normalized spacial score (nSPS) is 16.0. The molecule has 160 valence electrons. The minimum absolute atomic E-state index is 0.164. The fourth-order valence-corrected chi connectivity index (χ4v) is 4.02. The molecule has 0 saturated carbocycles. The molecule has 4 heterocycles. The van der Waals surface area contributed by atoms with Crippen molar-refractivity contribution < 1.29 is 18.7 Å². The van der Waals surface area contributed by atoms with Crippen molar-refractivity contribution in [3.8, 4) is 17.2 Å². The highest BCUT2D eigenvalue weighted by molar-refractivity contribution is 5.95. The zero-order valence-electron chi connectivity index (χ0n) is 17.2. The Labute approximate surface area is 179 Å². The number of hydrogen-bond donors (Lipinski definition) is 0. The van der Waals surface area contributed by atoms with E-state index >= 15 is 0 Å². The summed E-state index contributed by atoms with van der Waals surface area (Å²) in [6, 6.07) is 10.9. The molecule has 0 unspecified atom stereocenters. The highest BCUT2D eigenvalue weighted by Gasteiger charge is 2.26. The number of nitrogens with zero attached hydrogens (tertiary/aromatic N) is 3. The lowest BCUT2D eigenvalue weighted by Crippen LogP contribution is -2.49. The molecule has 0 atom stereocenters. The molecule has 8 nitrogen and oxygen atoms in total. The van der Waals surface area contributed by atoms with Crippen LogP contribution in [0.1, 0.15) is 21.7 Å². The van der Waals surface area contributed by atoms with Gasteiger partial charge in [0.15, 0.2) is 11.5 Å². The zero-order valence-corrected chi connectivity index (χ0v) is 17.2. The van der Waals surface area contributed by atoms with Crippen molar-refractivity contribution in [3.05, 3.63) is 76.1 Å². The number of benzene rings is 1. The molecular formula is C23H23N3O5. The van der Waals surface area contributed by atoms with Crippen LogP contribution in [0.3, 0.4) is 0 Å². The number of pyridine rings is 1. The number of carbonyl (C=O) groups excluding carboxylic acids is 1. The highest BCUT2D eigenvalue weighted by atomic mass is 16.7. The van der Waals surface area contributed by atoms with Gasteiger partial charge in [0.25, 0.3) is 11.5 Å². The molecule has 3 aromatic rings. The first-order valence-corrected chi connectivity index (χ1v) is 10.3. The first-order chi connectivity index (χ1) is 15.1. The van der Waals surface area contributed by atoms with E-state index in [4.69, 9.17) is 13.9 Å². The van der Waals surface area contributed by atoms with Crippen LogP contribution in [-0.2, 0) is 6.54 Å². The lowest BCUT2D eigenvalue weighted by Gasteiger charge is -2.34. The number of furan rings is 1. The highest BCUT2D eigenvalue weighted by Crippen LogP contribution is 2.33. The maximum atomic E-state index is 13.3. The Morgan fingerprint density at radius 1 is 1.03 bits per heavy atom. The Bertz CT molecular complexity index is 1160. The van der Waals surface area contributed by atoms with Gasteiger partial charge in [0.1, 0.15) is 11.3 Å². The summed E-state index contributed by atoms with van der Waals surface area (Å²) in [6.07, 6.45) is 3.35. The number of amides is 1. The van der Waals surface area contributed by atoms with E-state index in [9.17, 15) is 9.59 Å². The minimum atomic E-state index is -0.332. The van der Waals surface area contributed by atoms with Crippen molar-refractivity contribution in [2.75, 3.05) is 33.0 Å². The number of ether oxygens (including phenoxy) is 2. The average Bonchev–Trinajstić information content (AvgIpc) is 3.45. The molecule has 2 aromatic heterocycles. The largest absolute Gasteiger partial charge is 0.468 e. The van der Waals surface area contributed by atoms with Crippen molar-refractivity contribution in [2.24, 2.45) is 0 Å². The van der Waals surface area contributed by atoms with E-state index in [0.717, 1.165) is 25.4 Å². The fraction of sp³-hybridized carbons (Fsp3) is 0.304. The van der Waals surface area contributed by atoms with Gasteiger partial charge in [-0.15, -0.1) is 0 Å². The van der Waals surface area contributed by atoms with Gasteiger partial charge in [-0.3, -0.25) is 19.1 Å². The first kappa shape index (κ1) is 19.4. The maximum absolute atomic E-state index is 13.3. The third-order valence-electron chi connectivity index (χ3n) is 5.77. The van der Waals surface area contributed by atoms with E-state index in [-0.39, 0.29) is 23.8 Å². The molecule has 8 heteroatoms. The summed E-state index contributed by atoms with van der Waals surface area (Å²) in [6.45, 7) is 5.28. The molecule has 0 spiro atoms. The number of rotatable bonds is 4. The molecule has 2 aliphatic rings. The van der Waals surface area contributed by atoms with E-state index in [1.54, 1.807) is 48.5 Å². The molecule has 1 saturated heterocycles. The fourth-order valence-electron chi connectivity index (χ4n) is 4.02. The minimum Gasteiger partial charge on any atom is -0.468 e. The summed E-state index contributed by atoms with van der Waals surface area (Å²) in [5.41, 5.74) is 1.18. The molecule has 1 fully saturated rings. The van der Waals surface area contributed by atoms with Crippen molar-refractivity contribution in [1.29, 1.82) is 0 Å². The molecule has 1 amide bonds. The molecule has 0 radical (unpaired) electrons. The van der Waals surface area contributed by atoms with Crippen molar-refractivity contribution in [1.82, 2.24) is 14.4 Å². The molecule has 5 rings (SSSR count). The van der Waals surface area contributed by atoms with Crippen molar-refractivity contribution in [3.63, 3.8) is 0 Å². The molecule has 0 N–H and O–H groups in total. The van der Waals surface area contributed by atoms with Crippen LogP contribution in [0.2, 0.25) is 0 Å². The Balaban J connectivity index is 1.36. The van der Waals surface area contributed by atoms with Crippen molar-refractivity contribution >= 4 is 5.91 Å². The molecule has 2 aliphatic heterocycles. The lowest BCUT2D eigenvalue weighted by molar-refractivity contribution is 0.0617. The Morgan fingerprint density at radius 3 is 2.61 bits per heavy atom. The zero-order chi connectivity index (χ0) is 21.4. The number of aryl methyl sites for hydroxylation is 1. The predicted octanol–water partition coefficient (Wildman–Crippen LogP) is 2.43. The topological polar surface area (TPSA) is 77.2 Å². The summed E-state index contributed by atoms with van der Waals surface area (Å²) in [5.74, 6) is 1.92. The van der Waals surface area contributed by atoms with Gasteiger partial charge in [0, 0.05) is 38.4 Å². The van der Waals surface area contributed by atoms with E-state index in [1.807, 2.05) is 12.1 Å². The summed E-state index contributed by atoms with van der Waals surface area (Å²) in [5, 5.41) is 0. The van der Waals surface area contributed by atoms with E-state index in [0.29, 0.717) is 35.8 Å². The average molecular weight is 421 g/mol. The second-order valence-corrected chi connectivity index (χ2v) is 7.73. The Hall–Kier alpha value is -3.52. The van der Waals surface area contributed by atoms with Gasteiger partial charge in [-0.05, 0) is 42.8 Å². The van der Waals surface area contributed by atoms with Gasteiger partial charge >= 0.3 is 0 Å². The second kappa shape index (κ2) is 7.96. The summed E-state index contributed by atoms with van der Waals surface area (Å²) in [4.78, 5) is 30.5. The molecular weight excluding hydrogens is 398 g/mol. The van der Waals surface area contributed by atoms with E-state index in [2.05, 4.69) is 4.90 Å². The summed E-state index contributed by atoms with van der Waals surface area (Å²) in [7, 11) is 0. The Kier molecular flexibility index (Phi) is 4.99. The van der Waals surface area contributed by atoms with Gasteiger partial charge in [-0.2, -0.15) is 0 Å². The van der Waals surface area contributed by atoms with Gasteiger partial charge in [0.2, 0.25) is 6.79 Å². The number of aromatic nitrogens is 1. The molecule has 1 aromatic carbocycles. The van der Waals surface area contributed by atoms with Crippen molar-refractivity contribution in [2.45, 2.75) is 13.5 Å². The third kappa shape index (κ3) is 3.70. The number of piperazine rings is 1. The van der Waals surface area contributed by atoms with Crippen LogP contribution in [-0.4, -0.2) is 53.2 Å². The number of fused-ring (bicyclic) bond motifs is 1.